The summed E-state index contributed by atoms with van der Waals surface area (Å²) in [6.07, 6.45) is 0. The zero-order chi connectivity index (χ0) is 13.7. The molecule has 1 aromatic heterocycles. The van der Waals surface area contributed by atoms with Crippen molar-refractivity contribution < 1.29 is 13.5 Å². The molecule has 0 aliphatic rings. The Kier molecular flexibility index (Phi) is 4.50. The molecule has 0 aliphatic carbocycles. The predicted molar refractivity (Wildman–Crippen MR) is 70.9 cm³/mol. The molecule has 2 N–H and O–H groups in total. The van der Waals surface area contributed by atoms with E-state index in [1.807, 2.05) is 12.1 Å². The van der Waals surface area contributed by atoms with Gasteiger partial charge < -0.3 is 10.5 Å². The number of para-hydroxylation sites is 1. The lowest BCUT2D eigenvalue weighted by molar-refractivity contribution is 0.277. The Bertz CT molecular complexity index is 608. The van der Waals surface area contributed by atoms with Crippen LogP contribution in [0, 0.1) is 23.5 Å². The van der Waals surface area contributed by atoms with Crippen LogP contribution in [0.3, 0.4) is 0 Å². The van der Waals surface area contributed by atoms with E-state index in [1.165, 1.54) is 17.4 Å². The van der Waals surface area contributed by atoms with Gasteiger partial charge in [-0.25, -0.2) is 8.78 Å². The van der Waals surface area contributed by atoms with Crippen molar-refractivity contribution >= 4 is 11.3 Å². The maximum atomic E-state index is 13.3. The van der Waals surface area contributed by atoms with Crippen LogP contribution in [-0.2, 0) is 6.61 Å². The van der Waals surface area contributed by atoms with Gasteiger partial charge in [-0.05, 0) is 24.3 Å². The Morgan fingerprint density at radius 3 is 2.58 bits per heavy atom. The van der Waals surface area contributed by atoms with Crippen LogP contribution in [-0.4, -0.2) is 6.54 Å². The molecule has 2 nitrogen and oxygen atoms in total. The summed E-state index contributed by atoms with van der Waals surface area (Å²) in [6.45, 7) is 0.400. The smallest absolute Gasteiger partial charge is 0.191 e. The molecule has 0 fully saturated rings. The van der Waals surface area contributed by atoms with Gasteiger partial charge in [0, 0.05) is 4.88 Å². The molecule has 0 aliphatic heterocycles. The highest BCUT2D eigenvalue weighted by Crippen LogP contribution is 2.23. The molecule has 0 radical (unpaired) electrons. The Hall–Kier alpha value is -1.90. The third-order valence-corrected chi connectivity index (χ3v) is 3.23. The second-order valence-electron chi connectivity index (χ2n) is 3.61. The van der Waals surface area contributed by atoms with Crippen molar-refractivity contribution in [3.63, 3.8) is 0 Å². The number of hydrogen-bond acceptors (Lipinski definition) is 3. The average Bonchev–Trinajstić information content (AvgIpc) is 2.84. The summed E-state index contributed by atoms with van der Waals surface area (Å²) in [5.74, 6) is 3.85. The second-order valence-corrected chi connectivity index (χ2v) is 4.78. The lowest BCUT2D eigenvalue weighted by Gasteiger charge is -2.06. The number of rotatable bonds is 3. The topological polar surface area (TPSA) is 35.2 Å². The standard InChI is InChI=1S/C14H11F2NOS/c15-12-4-1-5-13(16)14(12)18-9-11-7-6-10(19-11)3-2-8-17/h1,4-7H,8-9,17H2. The fourth-order valence-corrected chi connectivity index (χ4v) is 2.22. The molecule has 0 atom stereocenters. The van der Waals surface area contributed by atoms with Crippen molar-refractivity contribution in [2.45, 2.75) is 6.61 Å². The van der Waals surface area contributed by atoms with Crippen LogP contribution < -0.4 is 10.5 Å². The van der Waals surface area contributed by atoms with E-state index >= 15 is 0 Å². The molecule has 2 aromatic rings. The molecule has 0 spiro atoms. The quantitative estimate of drug-likeness (QED) is 0.877. The van der Waals surface area contributed by atoms with E-state index in [9.17, 15) is 8.78 Å². The summed E-state index contributed by atoms with van der Waals surface area (Å²) in [5.41, 5.74) is 5.27. The summed E-state index contributed by atoms with van der Waals surface area (Å²) in [5, 5.41) is 0. The minimum Gasteiger partial charge on any atom is -0.482 e. The number of halogens is 2. The Labute approximate surface area is 113 Å². The van der Waals surface area contributed by atoms with Crippen molar-refractivity contribution in [1.29, 1.82) is 0 Å². The van der Waals surface area contributed by atoms with E-state index in [2.05, 4.69) is 11.8 Å². The van der Waals surface area contributed by atoms with E-state index in [0.29, 0.717) is 6.54 Å². The lowest BCUT2D eigenvalue weighted by Crippen LogP contribution is -1.98. The Morgan fingerprint density at radius 1 is 1.16 bits per heavy atom. The van der Waals surface area contributed by atoms with Crippen LogP contribution in [0.2, 0.25) is 0 Å². The summed E-state index contributed by atoms with van der Waals surface area (Å²) >= 11 is 1.40. The molecule has 0 saturated heterocycles. The molecular weight excluding hydrogens is 268 g/mol. The molecule has 1 aromatic carbocycles. The van der Waals surface area contributed by atoms with Crippen LogP contribution in [0.4, 0.5) is 8.78 Å². The average molecular weight is 279 g/mol. The highest BCUT2D eigenvalue weighted by Gasteiger charge is 2.10. The van der Waals surface area contributed by atoms with Gasteiger partial charge in [0.25, 0.3) is 0 Å². The SMILES string of the molecule is NCC#Cc1ccc(COc2c(F)cccc2F)s1. The summed E-state index contributed by atoms with van der Waals surface area (Å²) < 4.78 is 31.8. The molecule has 0 unspecified atom stereocenters. The highest BCUT2D eigenvalue weighted by molar-refractivity contribution is 7.12. The van der Waals surface area contributed by atoms with Crippen LogP contribution in [0.25, 0.3) is 0 Å². The maximum Gasteiger partial charge on any atom is 0.191 e. The molecular formula is C14H11F2NOS. The number of nitrogens with two attached hydrogens (primary N) is 1. The van der Waals surface area contributed by atoms with Gasteiger partial charge in [-0.2, -0.15) is 0 Å². The van der Waals surface area contributed by atoms with Gasteiger partial charge >= 0.3 is 0 Å². The van der Waals surface area contributed by atoms with E-state index in [0.717, 1.165) is 21.9 Å². The second kappa shape index (κ2) is 6.32. The lowest BCUT2D eigenvalue weighted by atomic mass is 10.3. The Morgan fingerprint density at radius 2 is 1.89 bits per heavy atom. The fourth-order valence-electron chi connectivity index (χ4n) is 1.42. The number of ether oxygens (including phenoxy) is 1. The molecule has 0 saturated carbocycles. The molecule has 1 heterocycles. The van der Waals surface area contributed by atoms with Crippen molar-refractivity contribution in [3.05, 3.63) is 51.7 Å². The normalized spacial score (nSPS) is 9.84. The minimum absolute atomic E-state index is 0.104. The number of benzene rings is 1. The molecule has 0 amide bonds. The molecule has 19 heavy (non-hydrogen) atoms. The largest absolute Gasteiger partial charge is 0.482 e. The maximum absolute atomic E-state index is 13.3. The zero-order valence-electron chi connectivity index (χ0n) is 9.95. The molecule has 0 bridgehead atoms. The van der Waals surface area contributed by atoms with Gasteiger partial charge in [0.05, 0.1) is 11.4 Å². The van der Waals surface area contributed by atoms with Gasteiger partial charge in [0.2, 0.25) is 0 Å². The van der Waals surface area contributed by atoms with Crippen molar-refractivity contribution in [2.75, 3.05) is 6.54 Å². The van der Waals surface area contributed by atoms with Crippen LogP contribution in [0.5, 0.6) is 5.75 Å². The van der Waals surface area contributed by atoms with E-state index in [-0.39, 0.29) is 12.4 Å². The fraction of sp³-hybridized carbons (Fsp3) is 0.143. The third kappa shape index (κ3) is 3.53. The van der Waals surface area contributed by atoms with Crippen LogP contribution >= 0.6 is 11.3 Å². The van der Waals surface area contributed by atoms with Crippen LogP contribution in [0.15, 0.2) is 30.3 Å². The first-order valence-electron chi connectivity index (χ1n) is 5.55. The van der Waals surface area contributed by atoms with Crippen LogP contribution in [0.1, 0.15) is 9.75 Å². The monoisotopic (exact) mass is 279 g/mol. The summed E-state index contributed by atoms with van der Waals surface area (Å²) in [7, 11) is 0. The predicted octanol–water partition coefficient (Wildman–Crippen LogP) is 2.92. The van der Waals surface area contributed by atoms with Crippen molar-refractivity contribution in [1.82, 2.24) is 0 Å². The first-order chi connectivity index (χ1) is 9.20. The third-order valence-electron chi connectivity index (χ3n) is 2.25. The molecule has 2 rings (SSSR count). The number of thiophene rings is 1. The first kappa shape index (κ1) is 13.5. The first-order valence-corrected chi connectivity index (χ1v) is 6.37. The van der Waals surface area contributed by atoms with E-state index in [1.54, 1.807) is 0 Å². The molecule has 5 heteroatoms. The number of hydrogen-bond donors (Lipinski definition) is 1. The van der Waals surface area contributed by atoms with Gasteiger partial charge in [0.15, 0.2) is 17.4 Å². The zero-order valence-corrected chi connectivity index (χ0v) is 10.8. The summed E-state index contributed by atoms with van der Waals surface area (Å²) in [4.78, 5) is 1.68. The van der Waals surface area contributed by atoms with Crippen molar-refractivity contribution in [3.8, 4) is 17.6 Å². The minimum atomic E-state index is -0.709. The van der Waals surface area contributed by atoms with Gasteiger partial charge in [0.1, 0.15) is 6.61 Å². The highest BCUT2D eigenvalue weighted by atomic mass is 32.1. The van der Waals surface area contributed by atoms with Gasteiger partial charge in [-0.15, -0.1) is 11.3 Å². The van der Waals surface area contributed by atoms with Crippen molar-refractivity contribution in [2.24, 2.45) is 5.73 Å². The van der Waals surface area contributed by atoms with E-state index < -0.39 is 11.6 Å². The van der Waals surface area contributed by atoms with Gasteiger partial charge in [-0.1, -0.05) is 17.9 Å². The molecule has 98 valence electrons. The summed E-state index contributed by atoms with van der Waals surface area (Å²) in [6, 6.07) is 7.24. The Balaban J connectivity index is 2.04. The van der Waals surface area contributed by atoms with Gasteiger partial charge in [-0.3, -0.25) is 0 Å². The van der Waals surface area contributed by atoms with E-state index in [4.69, 9.17) is 10.5 Å².